The van der Waals surface area contributed by atoms with Crippen molar-refractivity contribution in [3.8, 4) is 0 Å². The minimum absolute atomic E-state index is 0.0283. The van der Waals surface area contributed by atoms with Crippen LogP contribution in [0.15, 0.2) is 0 Å². The lowest BCUT2D eigenvalue weighted by molar-refractivity contribution is -0.119. The van der Waals surface area contributed by atoms with E-state index in [0.29, 0.717) is 5.92 Å². The first kappa shape index (κ1) is 13.8. The molecule has 1 aliphatic heterocycles. The van der Waals surface area contributed by atoms with Crippen LogP contribution in [0.4, 0.5) is 0 Å². The monoisotopic (exact) mass is 244 g/mol. The quantitative estimate of drug-likeness (QED) is 0.733. The Hall–Kier alpha value is -0.220. The van der Waals surface area contributed by atoms with E-state index in [4.69, 9.17) is 0 Å². The predicted molar refractivity (Wildman–Crippen MR) is 70.9 cm³/mol. The molecule has 0 saturated carbocycles. The van der Waals surface area contributed by atoms with Crippen LogP contribution in [0.1, 0.15) is 26.7 Å². The maximum Gasteiger partial charge on any atom is 0.229 e. The molecule has 1 fully saturated rings. The molecule has 16 heavy (non-hydrogen) atoms. The highest BCUT2D eigenvalue weighted by Gasteiger charge is 2.32. The van der Waals surface area contributed by atoms with Crippen molar-refractivity contribution in [1.29, 1.82) is 0 Å². The van der Waals surface area contributed by atoms with E-state index in [2.05, 4.69) is 43.7 Å². The van der Waals surface area contributed by atoms with Gasteiger partial charge in [-0.3, -0.25) is 4.79 Å². The van der Waals surface area contributed by atoms with E-state index in [1.165, 1.54) is 19.4 Å². The maximum atomic E-state index is 11.2. The SMILES string of the molecule is CN1CCCC(C(C)(C)CNC(=O)CS)C1. The number of nitrogens with one attached hydrogen (secondary N) is 1. The fourth-order valence-electron chi connectivity index (χ4n) is 2.33. The molecule has 1 saturated heterocycles. The smallest absolute Gasteiger partial charge is 0.229 e. The lowest BCUT2D eigenvalue weighted by Gasteiger charge is -2.40. The van der Waals surface area contributed by atoms with Gasteiger partial charge >= 0.3 is 0 Å². The topological polar surface area (TPSA) is 32.3 Å². The average Bonchev–Trinajstić information content (AvgIpc) is 2.26. The summed E-state index contributed by atoms with van der Waals surface area (Å²) in [7, 11) is 2.18. The second-order valence-electron chi connectivity index (χ2n) is 5.52. The number of carbonyl (C=O) groups is 1. The summed E-state index contributed by atoms with van der Waals surface area (Å²) < 4.78 is 0. The van der Waals surface area contributed by atoms with Gasteiger partial charge in [0, 0.05) is 13.1 Å². The van der Waals surface area contributed by atoms with Crippen molar-refractivity contribution in [1.82, 2.24) is 10.2 Å². The molecular formula is C12H24N2OS. The summed E-state index contributed by atoms with van der Waals surface area (Å²) in [6.07, 6.45) is 2.54. The van der Waals surface area contributed by atoms with Crippen molar-refractivity contribution in [3.05, 3.63) is 0 Å². The van der Waals surface area contributed by atoms with Gasteiger partial charge in [-0.15, -0.1) is 0 Å². The summed E-state index contributed by atoms with van der Waals surface area (Å²) >= 11 is 3.97. The van der Waals surface area contributed by atoms with E-state index < -0.39 is 0 Å². The number of nitrogens with zero attached hydrogens (tertiary/aromatic N) is 1. The molecule has 0 spiro atoms. The number of rotatable bonds is 4. The Bertz CT molecular complexity index is 243. The van der Waals surface area contributed by atoms with Crippen molar-refractivity contribution >= 4 is 18.5 Å². The Kier molecular flexibility index (Phi) is 5.12. The standard InChI is InChI=1S/C12H24N2OS/c1-12(2,9-13-11(15)8-16)10-5-4-6-14(3)7-10/h10,16H,4-9H2,1-3H3,(H,13,15). The summed E-state index contributed by atoms with van der Waals surface area (Å²) in [6.45, 7) is 7.59. The van der Waals surface area contributed by atoms with Gasteiger partial charge in [0.15, 0.2) is 0 Å². The van der Waals surface area contributed by atoms with Crippen LogP contribution in [-0.2, 0) is 4.79 Å². The van der Waals surface area contributed by atoms with Gasteiger partial charge in [-0.2, -0.15) is 12.6 Å². The van der Waals surface area contributed by atoms with Gasteiger partial charge in [0.1, 0.15) is 0 Å². The fourth-order valence-corrected chi connectivity index (χ4v) is 2.44. The third kappa shape index (κ3) is 3.98. The summed E-state index contributed by atoms with van der Waals surface area (Å²) in [4.78, 5) is 13.6. The second-order valence-corrected chi connectivity index (χ2v) is 5.84. The third-order valence-corrected chi connectivity index (χ3v) is 3.90. The molecule has 1 rings (SSSR count). The van der Waals surface area contributed by atoms with Crippen molar-refractivity contribution in [2.75, 3.05) is 32.4 Å². The van der Waals surface area contributed by atoms with Crippen LogP contribution in [0.3, 0.4) is 0 Å². The van der Waals surface area contributed by atoms with Crippen molar-refractivity contribution in [2.45, 2.75) is 26.7 Å². The number of carbonyl (C=O) groups excluding carboxylic acids is 1. The fraction of sp³-hybridized carbons (Fsp3) is 0.917. The molecule has 0 bridgehead atoms. The highest BCUT2D eigenvalue weighted by molar-refractivity contribution is 7.81. The van der Waals surface area contributed by atoms with Crippen molar-refractivity contribution in [2.24, 2.45) is 11.3 Å². The number of thiol groups is 1. The number of likely N-dealkylation sites (tertiary alicyclic amines) is 1. The van der Waals surface area contributed by atoms with Crippen LogP contribution in [0.25, 0.3) is 0 Å². The molecule has 1 amide bonds. The Balaban J connectivity index is 2.45. The zero-order chi connectivity index (χ0) is 12.2. The molecular weight excluding hydrogens is 220 g/mol. The zero-order valence-electron chi connectivity index (χ0n) is 10.6. The van der Waals surface area contributed by atoms with E-state index in [-0.39, 0.29) is 17.1 Å². The highest BCUT2D eigenvalue weighted by Crippen LogP contribution is 2.32. The molecule has 0 aromatic rings. The van der Waals surface area contributed by atoms with Crippen LogP contribution < -0.4 is 5.32 Å². The Morgan fingerprint density at radius 1 is 1.56 bits per heavy atom. The van der Waals surface area contributed by atoms with Gasteiger partial charge in [-0.1, -0.05) is 13.8 Å². The van der Waals surface area contributed by atoms with Gasteiger partial charge in [-0.05, 0) is 37.8 Å². The van der Waals surface area contributed by atoms with E-state index in [1.54, 1.807) is 0 Å². The average molecular weight is 244 g/mol. The largest absolute Gasteiger partial charge is 0.355 e. The normalized spacial score (nSPS) is 23.1. The first-order valence-corrected chi connectivity index (χ1v) is 6.65. The molecule has 94 valence electrons. The molecule has 0 aromatic heterocycles. The molecule has 4 heteroatoms. The summed E-state index contributed by atoms with van der Waals surface area (Å²) in [5.41, 5.74) is 0.174. The lowest BCUT2D eigenvalue weighted by atomic mass is 9.74. The first-order chi connectivity index (χ1) is 7.45. The molecule has 1 heterocycles. The Morgan fingerprint density at radius 2 is 2.25 bits per heavy atom. The van der Waals surface area contributed by atoms with E-state index >= 15 is 0 Å². The van der Waals surface area contributed by atoms with Gasteiger partial charge in [-0.25, -0.2) is 0 Å². The maximum absolute atomic E-state index is 11.2. The summed E-state index contributed by atoms with van der Waals surface area (Å²) in [6, 6.07) is 0. The van der Waals surface area contributed by atoms with Crippen molar-refractivity contribution in [3.63, 3.8) is 0 Å². The molecule has 1 aliphatic rings. The number of amides is 1. The van der Waals surface area contributed by atoms with Crippen molar-refractivity contribution < 1.29 is 4.79 Å². The van der Waals surface area contributed by atoms with Gasteiger partial charge in [0.25, 0.3) is 0 Å². The summed E-state index contributed by atoms with van der Waals surface area (Å²) in [5, 5.41) is 2.95. The first-order valence-electron chi connectivity index (χ1n) is 6.02. The minimum Gasteiger partial charge on any atom is -0.355 e. The molecule has 3 nitrogen and oxygen atoms in total. The molecule has 1 atom stereocenters. The van der Waals surface area contributed by atoms with Crippen LogP contribution >= 0.6 is 12.6 Å². The van der Waals surface area contributed by atoms with Gasteiger partial charge < -0.3 is 10.2 Å². The van der Waals surface area contributed by atoms with E-state index in [1.807, 2.05) is 0 Å². The van der Waals surface area contributed by atoms with Crippen LogP contribution in [0.2, 0.25) is 0 Å². The highest BCUT2D eigenvalue weighted by atomic mass is 32.1. The molecule has 0 aliphatic carbocycles. The third-order valence-electron chi connectivity index (χ3n) is 3.61. The molecule has 1 unspecified atom stereocenters. The van der Waals surface area contributed by atoms with Crippen LogP contribution in [0.5, 0.6) is 0 Å². The van der Waals surface area contributed by atoms with E-state index in [9.17, 15) is 4.79 Å². The molecule has 0 aromatic carbocycles. The summed E-state index contributed by atoms with van der Waals surface area (Å²) in [5.74, 6) is 0.979. The van der Waals surface area contributed by atoms with Crippen LogP contribution in [-0.4, -0.2) is 43.2 Å². The van der Waals surface area contributed by atoms with Gasteiger partial charge in [0.2, 0.25) is 5.91 Å². The Morgan fingerprint density at radius 3 is 2.81 bits per heavy atom. The Labute approximate surface area is 104 Å². The van der Waals surface area contributed by atoms with E-state index in [0.717, 1.165) is 13.1 Å². The zero-order valence-corrected chi connectivity index (χ0v) is 11.5. The number of hydrogen-bond acceptors (Lipinski definition) is 3. The minimum atomic E-state index is 0.0283. The van der Waals surface area contributed by atoms with Gasteiger partial charge in [0.05, 0.1) is 5.75 Å². The molecule has 1 N–H and O–H groups in total. The predicted octanol–water partition coefficient (Wildman–Crippen LogP) is 1.40. The number of piperidine rings is 1. The van der Waals surface area contributed by atoms with Crippen LogP contribution in [0, 0.1) is 11.3 Å². The molecule has 0 radical (unpaired) electrons. The second kappa shape index (κ2) is 5.92. The lowest BCUT2D eigenvalue weighted by Crippen LogP contribution is -2.45. The number of hydrogen-bond donors (Lipinski definition) is 2.